The Morgan fingerprint density at radius 3 is 2.37 bits per heavy atom. The van der Waals surface area contributed by atoms with Gasteiger partial charge in [0.05, 0.1) is 36.1 Å². The molecule has 0 bridgehead atoms. The fourth-order valence-electron chi connectivity index (χ4n) is 3.68. The molecule has 1 aromatic carbocycles. The van der Waals surface area contributed by atoms with E-state index in [1.54, 1.807) is 6.92 Å². The Labute approximate surface area is 210 Å². The number of carbonyl (C=O) groups is 4. The lowest BCUT2D eigenvalue weighted by atomic mass is 10.1. The summed E-state index contributed by atoms with van der Waals surface area (Å²) in [4.78, 5) is 56.5. The average molecular weight is 527 g/mol. The monoisotopic (exact) mass is 526 g/mol. The van der Waals surface area contributed by atoms with E-state index in [0.717, 1.165) is 0 Å². The van der Waals surface area contributed by atoms with Crippen LogP contribution in [0.2, 0.25) is 10.0 Å². The van der Waals surface area contributed by atoms with Crippen LogP contribution in [-0.2, 0) is 14.3 Å². The summed E-state index contributed by atoms with van der Waals surface area (Å²) in [5, 5.41) is 12.8. The Bertz CT molecular complexity index is 1150. The van der Waals surface area contributed by atoms with E-state index in [9.17, 15) is 24.3 Å². The number of carboxylic acid groups (broad SMARTS) is 1. The highest BCUT2D eigenvalue weighted by molar-refractivity contribution is 6.39. The largest absolute Gasteiger partial charge is 0.496 e. The first-order chi connectivity index (χ1) is 16.6. The molecule has 188 valence electrons. The number of aliphatic carboxylic acids is 1. The number of hydrogen-bond acceptors (Lipinski definition) is 7. The Morgan fingerprint density at radius 1 is 1.11 bits per heavy atom. The second kappa shape index (κ2) is 11.4. The van der Waals surface area contributed by atoms with Crippen LogP contribution in [0.1, 0.15) is 23.8 Å². The van der Waals surface area contributed by atoms with E-state index < -0.39 is 36.3 Å². The van der Waals surface area contributed by atoms with Gasteiger partial charge in [-0.25, -0.2) is 9.78 Å². The normalized spacial score (nSPS) is 14.4. The van der Waals surface area contributed by atoms with Gasteiger partial charge in [0.1, 0.15) is 17.5 Å². The van der Waals surface area contributed by atoms with Crippen LogP contribution in [0, 0.1) is 0 Å². The molecule has 2 heterocycles. The first-order valence-electron chi connectivity index (χ1n) is 10.7. The number of aromatic nitrogens is 1. The van der Waals surface area contributed by atoms with Crippen molar-refractivity contribution in [3.63, 3.8) is 0 Å². The van der Waals surface area contributed by atoms with Crippen LogP contribution in [-0.4, -0.2) is 89.7 Å². The van der Waals surface area contributed by atoms with Crippen LogP contribution in [0.5, 0.6) is 5.75 Å². The molecule has 1 fully saturated rings. The molecule has 2 N–H and O–H groups in total. The summed E-state index contributed by atoms with van der Waals surface area (Å²) in [7, 11) is 1.40. The van der Waals surface area contributed by atoms with Crippen molar-refractivity contribution in [2.45, 2.75) is 19.4 Å². The summed E-state index contributed by atoms with van der Waals surface area (Å²) in [6, 6.07) is 3.02. The third kappa shape index (κ3) is 6.23. The Hall–Kier alpha value is -3.31. The highest BCUT2D eigenvalue weighted by Gasteiger charge is 2.32. The number of nitrogens with one attached hydrogen (secondary N) is 1. The first-order valence-corrected chi connectivity index (χ1v) is 11.5. The number of benzene rings is 1. The van der Waals surface area contributed by atoms with Crippen molar-refractivity contribution in [3.05, 3.63) is 33.9 Å². The van der Waals surface area contributed by atoms with E-state index in [2.05, 4.69) is 10.3 Å². The topological polar surface area (TPSA) is 138 Å². The predicted molar refractivity (Wildman–Crippen MR) is 127 cm³/mol. The molecule has 35 heavy (non-hydrogen) atoms. The van der Waals surface area contributed by atoms with Gasteiger partial charge in [0.2, 0.25) is 5.91 Å². The van der Waals surface area contributed by atoms with Crippen LogP contribution in [0.25, 0.3) is 10.9 Å². The molecule has 11 nitrogen and oxygen atoms in total. The van der Waals surface area contributed by atoms with E-state index in [0.29, 0.717) is 15.9 Å². The minimum absolute atomic E-state index is 0.108. The molecular formula is C22H24Cl2N4O7. The molecular weight excluding hydrogens is 503 g/mol. The van der Waals surface area contributed by atoms with Gasteiger partial charge in [0.15, 0.2) is 0 Å². The van der Waals surface area contributed by atoms with Crippen molar-refractivity contribution in [2.24, 2.45) is 0 Å². The zero-order valence-electron chi connectivity index (χ0n) is 19.0. The molecule has 0 spiro atoms. The van der Waals surface area contributed by atoms with Crippen LogP contribution >= 0.6 is 23.2 Å². The SMILES string of the molecule is CCOC(=O)N1CCN(C(=O)C(CC(=O)O)NC(=O)c2cc(OC)c3c(Cl)cc(Cl)cc3n2)CC1. The molecule has 1 unspecified atom stereocenters. The molecule has 3 amide bonds. The number of rotatable bonds is 7. The van der Waals surface area contributed by atoms with Crippen LogP contribution in [0.4, 0.5) is 4.79 Å². The van der Waals surface area contributed by atoms with Crippen molar-refractivity contribution >= 4 is 58.0 Å². The van der Waals surface area contributed by atoms with Crippen LogP contribution in [0.3, 0.4) is 0 Å². The molecule has 0 radical (unpaired) electrons. The summed E-state index contributed by atoms with van der Waals surface area (Å²) >= 11 is 12.3. The fraction of sp³-hybridized carbons (Fsp3) is 0.409. The van der Waals surface area contributed by atoms with E-state index >= 15 is 0 Å². The number of carboxylic acids is 1. The number of fused-ring (bicyclic) bond motifs is 1. The molecule has 0 aliphatic carbocycles. The third-order valence-corrected chi connectivity index (χ3v) is 5.86. The van der Waals surface area contributed by atoms with Gasteiger partial charge in [0.25, 0.3) is 5.91 Å². The van der Waals surface area contributed by atoms with Gasteiger partial charge in [-0.15, -0.1) is 0 Å². The number of piperazine rings is 1. The number of pyridine rings is 1. The minimum Gasteiger partial charge on any atom is -0.496 e. The lowest BCUT2D eigenvalue weighted by molar-refractivity contribution is -0.143. The van der Waals surface area contributed by atoms with Gasteiger partial charge in [-0.3, -0.25) is 14.4 Å². The third-order valence-electron chi connectivity index (χ3n) is 5.34. The van der Waals surface area contributed by atoms with Crippen molar-refractivity contribution in [3.8, 4) is 5.75 Å². The Morgan fingerprint density at radius 2 is 1.77 bits per heavy atom. The predicted octanol–water partition coefficient (Wildman–Crippen LogP) is 2.42. The number of ether oxygens (including phenoxy) is 2. The molecule has 2 aromatic rings. The molecule has 13 heteroatoms. The summed E-state index contributed by atoms with van der Waals surface area (Å²) in [6.45, 7) is 2.72. The van der Waals surface area contributed by atoms with Crippen LogP contribution in [0.15, 0.2) is 18.2 Å². The molecule has 1 atom stereocenters. The first kappa shape index (κ1) is 26.3. The van der Waals surface area contributed by atoms with Crippen molar-refractivity contribution in [1.29, 1.82) is 0 Å². The minimum atomic E-state index is -1.35. The van der Waals surface area contributed by atoms with E-state index in [-0.39, 0.29) is 49.3 Å². The lowest BCUT2D eigenvalue weighted by Gasteiger charge is -2.35. The molecule has 3 rings (SSSR count). The molecule has 0 saturated carbocycles. The maximum atomic E-state index is 13.1. The summed E-state index contributed by atoms with van der Waals surface area (Å²) in [5.74, 6) is -2.36. The van der Waals surface area contributed by atoms with Gasteiger partial charge < -0.3 is 29.7 Å². The number of amides is 3. The second-order valence-electron chi connectivity index (χ2n) is 7.63. The van der Waals surface area contributed by atoms with E-state index in [4.69, 9.17) is 32.7 Å². The zero-order valence-corrected chi connectivity index (χ0v) is 20.6. The van der Waals surface area contributed by atoms with E-state index in [1.807, 2.05) is 0 Å². The van der Waals surface area contributed by atoms with Gasteiger partial charge in [0, 0.05) is 37.3 Å². The van der Waals surface area contributed by atoms with Gasteiger partial charge in [-0.1, -0.05) is 23.2 Å². The maximum Gasteiger partial charge on any atom is 0.409 e. The van der Waals surface area contributed by atoms with E-state index in [1.165, 1.54) is 35.1 Å². The van der Waals surface area contributed by atoms with Gasteiger partial charge >= 0.3 is 12.1 Å². The second-order valence-corrected chi connectivity index (χ2v) is 8.47. The van der Waals surface area contributed by atoms with Crippen molar-refractivity contribution in [1.82, 2.24) is 20.1 Å². The Kier molecular flexibility index (Phi) is 8.57. The molecule has 1 saturated heterocycles. The van der Waals surface area contributed by atoms with Crippen LogP contribution < -0.4 is 10.1 Å². The Balaban J connectivity index is 1.79. The average Bonchev–Trinajstić information content (AvgIpc) is 2.82. The highest BCUT2D eigenvalue weighted by atomic mass is 35.5. The van der Waals surface area contributed by atoms with Gasteiger partial charge in [-0.2, -0.15) is 0 Å². The standard InChI is InChI=1S/C22H24Cl2N4O7/c1-3-35-22(33)28-6-4-27(5-7-28)21(32)16(11-18(29)30)26-20(31)15-10-17(34-2)19-13(24)8-12(23)9-14(19)25-15/h8-10,16H,3-7,11H2,1-2H3,(H,26,31)(H,29,30). The zero-order chi connectivity index (χ0) is 25.7. The molecule has 1 aliphatic rings. The number of methoxy groups -OCH3 is 1. The summed E-state index contributed by atoms with van der Waals surface area (Å²) in [5.41, 5.74) is 0.186. The van der Waals surface area contributed by atoms with Crippen molar-refractivity contribution < 1.29 is 33.8 Å². The highest BCUT2D eigenvalue weighted by Crippen LogP contribution is 2.34. The number of carbonyl (C=O) groups excluding carboxylic acids is 3. The fourth-order valence-corrected chi connectivity index (χ4v) is 4.26. The number of hydrogen-bond donors (Lipinski definition) is 2. The molecule has 1 aliphatic heterocycles. The maximum absolute atomic E-state index is 13.1. The summed E-state index contributed by atoms with van der Waals surface area (Å²) in [6.07, 6.45) is -1.11. The summed E-state index contributed by atoms with van der Waals surface area (Å²) < 4.78 is 10.3. The van der Waals surface area contributed by atoms with Gasteiger partial charge in [-0.05, 0) is 19.1 Å². The molecule has 1 aromatic heterocycles. The van der Waals surface area contributed by atoms with Crippen molar-refractivity contribution in [2.75, 3.05) is 39.9 Å². The lowest BCUT2D eigenvalue weighted by Crippen LogP contribution is -2.56. The quantitative estimate of drug-likeness (QED) is 0.560. The smallest absolute Gasteiger partial charge is 0.409 e. The number of halogens is 2. The number of nitrogens with zero attached hydrogens (tertiary/aromatic N) is 3.